The number of nitrogens with one attached hydrogen (secondary N) is 1. The van der Waals surface area contributed by atoms with Crippen LogP contribution in [0.5, 0.6) is 0 Å². The van der Waals surface area contributed by atoms with Crippen LogP contribution in [-0.2, 0) is 4.79 Å². The summed E-state index contributed by atoms with van der Waals surface area (Å²) in [6, 6.07) is 3.86. The van der Waals surface area contributed by atoms with Gasteiger partial charge in [0.25, 0.3) is 17.5 Å². The number of nitro benzene ring substituents is 1. The van der Waals surface area contributed by atoms with E-state index < -0.39 is 28.3 Å². The van der Waals surface area contributed by atoms with Crippen LogP contribution >= 0.6 is 11.3 Å². The maximum Gasteiger partial charge on any atom is 0.282 e. The van der Waals surface area contributed by atoms with E-state index in [2.05, 4.69) is 15.5 Å². The highest BCUT2D eigenvalue weighted by Crippen LogP contribution is 2.30. The van der Waals surface area contributed by atoms with E-state index in [0.717, 1.165) is 11.0 Å². The first-order valence-corrected chi connectivity index (χ1v) is 7.93. The lowest BCUT2D eigenvalue weighted by atomic mass is 10.1. The number of fused-ring (bicyclic) bond motifs is 1. The SMILES string of the molecule is Cc1nnc(NC(=O)CCN2C(=O)c3cccc([N+](=O)[O-])c3C2=O)s1. The molecule has 25 heavy (non-hydrogen) atoms. The van der Waals surface area contributed by atoms with Gasteiger partial charge in [0.15, 0.2) is 0 Å². The Kier molecular flexibility index (Phi) is 4.23. The minimum atomic E-state index is -0.771. The Hall–Kier alpha value is -3.21. The molecule has 0 saturated heterocycles. The molecule has 1 aromatic heterocycles. The number of anilines is 1. The minimum absolute atomic E-state index is 0.0284. The highest BCUT2D eigenvalue weighted by molar-refractivity contribution is 7.15. The average Bonchev–Trinajstić information content (AvgIpc) is 3.08. The number of aryl methyl sites for hydroxylation is 1. The molecule has 0 atom stereocenters. The normalized spacial score (nSPS) is 13.1. The van der Waals surface area contributed by atoms with Gasteiger partial charge in [0.1, 0.15) is 10.6 Å². The van der Waals surface area contributed by atoms with Gasteiger partial charge >= 0.3 is 0 Å². The summed E-state index contributed by atoms with van der Waals surface area (Å²) >= 11 is 1.19. The van der Waals surface area contributed by atoms with Crippen molar-refractivity contribution in [3.63, 3.8) is 0 Å². The molecule has 0 bridgehead atoms. The maximum atomic E-state index is 12.4. The molecule has 1 aliphatic rings. The summed E-state index contributed by atoms with van der Waals surface area (Å²) in [5, 5.41) is 22.1. The van der Waals surface area contributed by atoms with Crippen molar-refractivity contribution >= 4 is 39.9 Å². The van der Waals surface area contributed by atoms with Crippen molar-refractivity contribution in [3.05, 3.63) is 44.4 Å². The molecule has 128 valence electrons. The predicted octanol–water partition coefficient (Wildman–Crippen LogP) is 1.38. The highest BCUT2D eigenvalue weighted by atomic mass is 32.1. The number of nitrogens with zero attached hydrogens (tertiary/aromatic N) is 4. The zero-order valence-corrected chi connectivity index (χ0v) is 13.7. The average molecular weight is 361 g/mol. The number of benzene rings is 1. The molecule has 3 amide bonds. The zero-order chi connectivity index (χ0) is 18.1. The summed E-state index contributed by atoms with van der Waals surface area (Å²) in [6.45, 7) is 1.55. The predicted molar refractivity (Wildman–Crippen MR) is 86.4 cm³/mol. The number of carbonyl (C=O) groups is 3. The fourth-order valence-electron chi connectivity index (χ4n) is 2.41. The summed E-state index contributed by atoms with van der Waals surface area (Å²) in [5.41, 5.74) is -0.691. The number of aromatic nitrogens is 2. The second-order valence-electron chi connectivity index (χ2n) is 5.14. The van der Waals surface area contributed by atoms with Crippen molar-refractivity contribution in [1.82, 2.24) is 15.1 Å². The van der Waals surface area contributed by atoms with Crippen LogP contribution < -0.4 is 5.32 Å². The lowest BCUT2D eigenvalue weighted by Crippen LogP contribution is -2.33. The molecular weight excluding hydrogens is 350 g/mol. The van der Waals surface area contributed by atoms with E-state index in [4.69, 9.17) is 0 Å². The quantitative estimate of drug-likeness (QED) is 0.483. The summed E-state index contributed by atoms with van der Waals surface area (Å²) < 4.78 is 0. The van der Waals surface area contributed by atoms with Gasteiger partial charge in [-0.15, -0.1) is 10.2 Å². The van der Waals surface area contributed by atoms with Crippen LogP contribution in [0.25, 0.3) is 0 Å². The summed E-state index contributed by atoms with van der Waals surface area (Å²) in [6.07, 6.45) is -0.155. The van der Waals surface area contributed by atoms with Gasteiger partial charge in [0.2, 0.25) is 11.0 Å². The van der Waals surface area contributed by atoms with Gasteiger partial charge in [-0.3, -0.25) is 29.4 Å². The number of amides is 3. The Balaban J connectivity index is 1.71. The van der Waals surface area contributed by atoms with Crippen molar-refractivity contribution in [2.75, 3.05) is 11.9 Å². The first-order chi connectivity index (χ1) is 11.9. The van der Waals surface area contributed by atoms with Crippen molar-refractivity contribution in [2.45, 2.75) is 13.3 Å². The van der Waals surface area contributed by atoms with Crippen molar-refractivity contribution in [2.24, 2.45) is 0 Å². The molecule has 2 aromatic rings. The van der Waals surface area contributed by atoms with Gasteiger partial charge in [-0.2, -0.15) is 0 Å². The van der Waals surface area contributed by atoms with Crippen molar-refractivity contribution < 1.29 is 19.3 Å². The first kappa shape index (κ1) is 16.6. The van der Waals surface area contributed by atoms with E-state index in [9.17, 15) is 24.5 Å². The van der Waals surface area contributed by atoms with Crippen molar-refractivity contribution in [3.8, 4) is 0 Å². The Labute approximate surface area is 144 Å². The second kappa shape index (κ2) is 6.36. The van der Waals surface area contributed by atoms with Crippen LogP contribution in [0.4, 0.5) is 10.8 Å². The van der Waals surface area contributed by atoms with E-state index in [1.54, 1.807) is 6.92 Å². The monoisotopic (exact) mass is 361 g/mol. The van der Waals surface area contributed by atoms with Crippen LogP contribution in [0.15, 0.2) is 18.2 Å². The standard InChI is InChI=1S/C14H11N5O5S/c1-7-16-17-14(25-7)15-10(20)5-6-18-12(21)8-3-2-4-9(19(23)24)11(8)13(18)22/h2-4H,5-6H2,1H3,(H,15,17,20). The molecule has 0 radical (unpaired) electrons. The molecule has 11 heteroatoms. The first-order valence-electron chi connectivity index (χ1n) is 7.12. The Morgan fingerprint density at radius 2 is 2.08 bits per heavy atom. The fourth-order valence-corrected chi connectivity index (χ4v) is 3.02. The van der Waals surface area contributed by atoms with Gasteiger partial charge in [0, 0.05) is 19.0 Å². The molecule has 2 heterocycles. The van der Waals surface area contributed by atoms with E-state index in [1.165, 1.54) is 23.5 Å². The van der Waals surface area contributed by atoms with E-state index in [1.807, 2.05) is 0 Å². The number of imide groups is 1. The van der Waals surface area contributed by atoms with Crippen LogP contribution in [0.2, 0.25) is 0 Å². The van der Waals surface area contributed by atoms with E-state index in [0.29, 0.717) is 10.1 Å². The molecule has 1 aliphatic heterocycles. The largest absolute Gasteiger partial charge is 0.300 e. The molecule has 10 nitrogen and oxygen atoms in total. The molecule has 0 aliphatic carbocycles. The Bertz CT molecular complexity index is 909. The van der Waals surface area contributed by atoms with Crippen LogP contribution in [0.1, 0.15) is 32.1 Å². The third-order valence-electron chi connectivity index (χ3n) is 3.51. The summed E-state index contributed by atoms with van der Waals surface area (Å²) in [4.78, 5) is 47.7. The van der Waals surface area contributed by atoms with Crippen molar-refractivity contribution in [1.29, 1.82) is 0 Å². The smallest absolute Gasteiger partial charge is 0.282 e. The molecule has 1 aromatic carbocycles. The molecule has 1 N–H and O–H groups in total. The minimum Gasteiger partial charge on any atom is -0.300 e. The third kappa shape index (κ3) is 3.08. The lowest BCUT2D eigenvalue weighted by Gasteiger charge is -2.12. The molecule has 0 spiro atoms. The number of hydrogen-bond acceptors (Lipinski definition) is 8. The second-order valence-corrected chi connectivity index (χ2v) is 6.32. The fraction of sp³-hybridized carbons (Fsp3) is 0.214. The summed E-state index contributed by atoms with van der Waals surface area (Å²) in [5.74, 6) is -1.86. The maximum absolute atomic E-state index is 12.4. The summed E-state index contributed by atoms with van der Waals surface area (Å²) in [7, 11) is 0. The van der Waals surface area contributed by atoms with Gasteiger partial charge in [-0.25, -0.2) is 0 Å². The zero-order valence-electron chi connectivity index (χ0n) is 12.9. The molecule has 0 fully saturated rings. The molecule has 3 rings (SSSR count). The number of carbonyl (C=O) groups excluding carboxylic acids is 3. The third-order valence-corrected chi connectivity index (χ3v) is 4.26. The van der Waals surface area contributed by atoms with E-state index >= 15 is 0 Å². The number of hydrogen-bond donors (Lipinski definition) is 1. The van der Waals surface area contributed by atoms with Crippen LogP contribution in [-0.4, -0.2) is 44.3 Å². The number of rotatable bonds is 5. The number of nitro groups is 1. The van der Waals surface area contributed by atoms with Gasteiger partial charge in [-0.05, 0) is 13.0 Å². The van der Waals surface area contributed by atoms with E-state index in [-0.39, 0.29) is 24.1 Å². The van der Waals surface area contributed by atoms with Gasteiger partial charge in [0.05, 0.1) is 10.5 Å². The van der Waals surface area contributed by atoms with Gasteiger partial charge < -0.3 is 5.32 Å². The lowest BCUT2D eigenvalue weighted by molar-refractivity contribution is -0.385. The topological polar surface area (TPSA) is 135 Å². The Morgan fingerprint density at radius 1 is 1.32 bits per heavy atom. The Morgan fingerprint density at radius 3 is 2.72 bits per heavy atom. The van der Waals surface area contributed by atoms with Crippen LogP contribution in [0.3, 0.4) is 0 Å². The van der Waals surface area contributed by atoms with Gasteiger partial charge in [-0.1, -0.05) is 17.4 Å². The highest BCUT2D eigenvalue weighted by Gasteiger charge is 2.40. The molecular formula is C14H11N5O5S. The molecule has 0 saturated carbocycles. The van der Waals surface area contributed by atoms with Crippen LogP contribution in [0, 0.1) is 17.0 Å². The molecule has 0 unspecified atom stereocenters.